The second kappa shape index (κ2) is 17.4. The van der Waals surface area contributed by atoms with Gasteiger partial charge in [0.15, 0.2) is 0 Å². The van der Waals surface area contributed by atoms with Gasteiger partial charge in [-0.25, -0.2) is 0 Å². The Morgan fingerprint density at radius 3 is 1.00 bits per heavy atom. The Morgan fingerprint density at radius 2 is 1.00 bits per heavy atom. The van der Waals surface area contributed by atoms with Crippen molar-refractivity contribution in [1.29, 1.82) is 0 Å². The quantitative estimate of drug-likeness (QED) is 0.368. The molecule has 0 bridgehead atoms. The topological polar surface area (TPSA) is 0 Å². The van der Waals surface area contributed by atoms with Crippen LogP contribution in [-0.4, -0.2) is 84.1 Å². The van der Waals surface area contributed by atoms with E-state index in [0.29, 0.717) is 0 Å². The first-order valence-corrected chi connectivity index (χ1v) is 0. The zero-order valence-electron chi connectivity index (χ0n) is 0.408. The number of halogens is 1. The molecule has 0 aromatic carbocycles. The van der Waals surface area contributed by atoms with Crippen molar-refractivity contribution >= 4 is 84.1 Å². The van der Waals surface area contributed by atoms with Crippen LogP contribution < -0.4 is 0 Å². The van der Waals surface area contributed by atoms with Crippen LogP contribution in [0.5, 0.6) is 0 Å². The summed E-state index contributed by atoms with van der Waals surface area (Å²) < 4.78 is 0. The molecule has 4 heteroatoms. The van der Waals surface area contributed by atoms with Crippen molar-refractivity contribution in [1.82, 2.24) is 0 Å². The van der Waals surface area contributed by atoms with Crippen LogP contribution in [0.4, 0.5) is 4.70 Å². The summed E-state index contributed by atoms with van der Waals surface area (Å²) in [7, 11) is 0. The fraction of sp³-hybridized carbons (Fsp3) is 0. The van der Waals surface area contributed by atoms with E-state index >= 15 is 0 Å². The van der Waals surface area contributed by atoms with Crippen LogP contribution in [0.15, 0.2) is 0 Å². The summed E-state index contributed by atoms with van der Waals surface area (Å²) in [6.07, 6.45) is 0. The predicted octanol–water partition coefficient (Wildman–Crippen LogP) is -2.60. The summed E-state index contributed by atoms with van der Waals surface area (Å²) in [5, 5.41) is 0. The summed E-state index contributed by atoms with van der Waals surface area (Å²) in [4.78, 5) is 0. The molecule has 0 amide bonds. The van der Waals surface area contributed by atoms with Gasteiger partial charge in [0.25, 0.3) is 0 Å². The van der Waals surface area contributed by atoms with Crippen LogP contribution in [0.2, 0.25) is 0 Å². The Bertz CT molecular complexity index is 8.00. The Kier molecular flexibility index (Phi) is 132. The molecule has 0 atom stereocenters. The number of hydrogen-bond acceptors (Lipinski definition) is 0. The zero-order valence-corrected chi connectivity index (χ0v) is 0.408. The zero-order chi connectivity index (χ0) is 0. The molecule has 0 unspecified atom stereocenters. The van der Waals surface area contributed by atoms with Crippen LogP contribution in [0.25, 0.3) is 0 Å². The van der Waals surface area contributed by atoms with Gasteiger partial charge < -0.3 is 0 Å². The van der Waals surface area contributed by atoms with E-state index in [9.17, 15) is 0 Å². The van der Waals surface area contributed by atoms with Crippen molar-refractivity contribution in [2.24, 2.45) is 0 Å². The summed E-state index contributed by atoms with van der Waals surface area (Å²) >= 11 is 0. The SMILES string of the molecule is F.[GaH3].[LiH].[SrH2]. The van der Waals surface area contributed by atoms with E-state index < -0.39 is 0 Å². The van der Waals surface area contributed by atoms with Crippen LogP contribution in [0, 0.1) is 0 Å². The summed E-state index contributed by atoms with van der Waals surface area (Å²) in [5.74, 6) is 0. The number of hydrogen-bond donors (Lipinski definition) is 0. The molecule has 0 rings (SSSR count). The summed E-state index contributed by atoms with van der Waals surface area (Å²) in [6, 6.07) is 0. The minimum atomic E-state index is 0. The molecule has 0 aliphatic heterocycles. The molecule has 0 saturated carbocycles. The molecule has 0 aliphatic rings. The summed E-state index contributed by atoms with van der Waals surface area (Å²) in [5.41, 5.74) is 0. The van der Waals surface area contributed by atoms with Gasteiger partial charge in [0, 0.05) is 0 Å². The van der Waals surface area contributed by atoms with Crippen LogP contribution in [-0.2, 0) is 0 Å². The molecule has 0 aromatic rings. The van der Waals surface area contributed by atoms with Crippen LogP contribution in [0.3, 0.4) is 0 Å². The van der Waals surface area contributed by atoms with Crippen LogP contribution in [0.1, 0.15) is 0 Å². The van der Waals surface area contributed by atoms with E-state index in [1.807, 2.05) is 0 Å². The van der Waals surface area contributed by atoms with Gasteiger partial charge in [-0.15, -0.1) is 0 Å². The maximum absolute atomic E-state index is 0. The molecule has 0 heterocycles. The second-order valence-corrected chi connectivity index (χ2v) is 0. The van der Waals surface area contributed by atoms with Gasteiger partial charge in [0.2, 0.25) is 0 Å². The van der Waals surface area contributed by atoms with Crippen molar-refractivity contribution in [3.8, 4) is 0 Å². The molecule has 20 valence electrons. The first-order valence-electron chi connectivity index (χ1n) is 0. The first kappa shape index (κ1) is 30.3. The average Bonchev–Trinajstić information content (AvgIpc) is 0. The molecular weight excluding hydrogens is 183 g/mol. The molecule has 0 spiro atoms. The van der Waals surface area contributed by atoms with Crippen molar-refractivity contribution in [3.63, 3.8) is 0 Å². The third-order valence-electron chi connectivity index (χ3n) is 0. The molecule has 0 aromatic heterocycles. The molecular formula is H7FGaLiSr. The summed E-state index contributed by atoms with van der Waals surface area (Å²) in [6.45, 7) is 0. The van der Waals surface area contributed by atoms with Gasteiger partial charge in [-0.3, -0.25) is 4.70 Å². The third-order valence-corrected chi connectivity index (χ3v) is 0. The van der Waals surface area contributed by atoms with Crippen molar-refractivity contribution < 1.29 is 4.70 Å². The monoisotopic (exact) mass is 190 g/mol. The second-order valence-electron chi connectivity index (χ2n) is 0. The molecule has 0 aliphatic carbocycles. The Labute approximate surface area is 87.0 Å². The molecule has 0 radical (unpaired) electrons. The van der Waals surface area contributed by atoms with E-state index in [1.54, 1.807) is 0 Å². The van der Waals surface area contributed by atoms with Crippen molar-refractivity contribution in [2.45, 2.75) is 0 Å². The molecule has 4 heavy (non-hydrogen) atoms. The van der Waals surface area contributed by atoms with Gasteiger partial charge in [0.1, 0.15) is 0 Å². The van der Waals surface area contributed by atoms with Gasteiger partial charge >= 0.3 is 84.1 Å². The molecule has 0 saturated heterocycles. The Morgan fingerprint density at radius 1 is 1.00 bits per heavy atom. The van der Waals surface area contributed by atoms with Crippen LogP contribution >= 0.6 is 0 Å². The van der Waals surface area contributed by atoms with Gasteiger partial charge in [-0.05, 0) is 0 Å². The van der Waals surface area contributed by atoms with Crippen molar-refractivity contribution in [3.05, 3.63) is 0 Å². The van der Waals surface area contributed by atoms with E-state index in [1.165, 1.54) is 0 Å². The fourth-order valence-electron chi connectivity index (χ4n) is 0. The standard InChI is InChI=1S/FH.Ga.Li.Sr.6H/h1H;;;;;;;;;. The van der Waals surface area contributed by atoms with Crippen molar-refractivity contribution in [2.75, 3.05) is 0 Å². The van der Waals surface area contributed by atoms with E-state index in [0.717, 1.165) is 0 Å². The first-order chi connectivity index (χ1) is 0. The van der Waals surface area contributed by atoms with Gasteiger partial charge in [0.05, 0.1) is 0 Å². The molecule has 0 N–H and O–H groups in total. The third kappa shape index (κ3) is 8.82. The van der Waals surface area contributed by atoms with E-state index in [-0.39, 0.29) is 88.8 Å². The molecule has 0 fully saturated rings. The van der Waals surface area contributed by atoms with E-state index in [4.69, 9.17) is 0 Å². The van der Waals surface area contributed by atoms with Gasteiger partial charge in [-0.2, -0.15) is 0 Å². The van der Waals surface area contributed by atoms with E-state index in [2.05, 4.69) is 0 Å². The maximum atomic E-state index is 0. The minimum absolute atomic E-state index is 0. The Balaban J connectivity index is 0. The van der Waals surface area contributed by atoms with Gasteiger partial charge in [-0.1, -0.05) is 0 Å². The Hall–Kier alpha value is 2.64. The predicted molar refractivity (Wildman–Crippen MR) is 28.1 cm³/mol. The average molecular weight is 190 g/mol. The molecule has 0 nitrogen and oxygen atoms in total. The number of rotatable bonds is 0. The normalized spacial score (nSPS) is 0. The fourth-order valence-corrected chi connectivity index (χ4v) is 0.